The van der Waals surface area contributed by atoms with Crippen LogP contribution in [0, 0.1) is 19.7 Å². The molecule has 0 saturated heterocycles. The van der Waals surface area contributed by atoms with Crippen LogP contribution in [-0.4, -0.2) is 17.5 Å². The molecule has 154 valence electrons. The Morgan fingerprint density at radius 3 is 2.63 bits per heavy atom. The van der Waals surface area contributed by atoms with Crippen LogP contribution >= 0.6 is 0 Å². The van der Waals surface area contributed by atoms with Gasteiger partial charge in [0.1, 0.15) is 17.3 Å². The van der Waals surface area contributed by atoms with Gasteiger partial charge in [0, 0.05) is 17.5 Å². The molecule has 0 bridgehead atoms. The number of para-hydroxylation sites is 1. The quantitative estimate of drug-likeness (QED) is 0.626. The third kappa shape index (κ3) is 3.63. The number of carbonyl (C=O) groups excluding carboxylic acids is 2. The van der Waals surface area contributed by atoms with Crippen molar-refractivity contribution >= 4 is 23.2 Å². The molecule has 3 aromatic rings. The number of aryl methyl sites for hydroxylation is 2. The van der Waals surface area contributed by atoms with Gasteiger partial charge in [0.15, 0.2) is 5.76 Å². The van der Waals surface area contributed by atoms with Crippen LogP contribution in [-0.2, 0) is 6.42 Å². The summed E-state index contributed by atoms with van der Waals surface area (Å²) in [4.78, 5) is 25.0. The zero-order valence-corrected chi connectivity index (χ0v) is 16.5. The first-order valence-corrected chi connectivity index (χ1v) is 9.55. The second-order valence-electron chi connectivity index (χ2n) is 7.03. The number of amides is 2. The van der Waals surface area contributed by atoms with Crippen molar-refractivity contribution in [3.8, 4) is 0 Å². The highest BCUT2D eigenvalue weighted by atomic mass is 19.1. The van der Waals surface area contributed by atoms with E-state index < -0.39 is 11.7 Å². The first-order valence-electron chi connectivity index (χ1n) is 9.55. The highest BCUT2D eigenvalue weighted by Gasteiger charge is 2.28. The molecule has 2 N–H and O–H groups in total. The van der Waals surface area contributed by atoms with E-state index in [1.807, 2.05) is 0 Å². The van der Waals surface area contributed by atoms with E-state index in [9.17, 15) is 14.0 Å². The number of hydrazone groups is 1. The third-order valence-electron chi connectivity index (χ3n) is 5.05. The standard InChI is InChI=1S/C22H20FN3O4/c1-12-19-17(25-26-21(27)14-10-11-29-13(14)2)8-5-9-18(19)30-20(12)22(28)24-16-7-4-3-6-15(16)23/h3-4,6-7,10-11H,5,8-9H2,1-2H3,(H,24,28)(H,26,27)/b25-17+. The number of fused-ring (bicyclic) bond motifs is 1. The normalized spacial score (nSPS) is 14.4. The summed E-state index contributed by atoms with van der Waals surface area (Å²) in [6.07, 6.45) is 3.49. The third-order valence-corrected chi connectivity index (χ3v) is 5.05. The summed E-state index contributed by atoms with van der Waals surface area (Å²) in [6.45, 7) is 3.45. The molecule has 0 unspecified atom stereocenters. The number of hydrogen-bond donors (Lipinski definition) is 2. The van der Waals surface area contributed by atoms with Gasteiger partial charge in [0.25, 0.3) is 11.8 Å². The molecular weight excluding hydrogens is 389 g/mol. The molecule has 0 spiro atoms. The zero-order valence-electron chi connectivity index (χ0n) is 16.5. The Hall–Kier alpha value is -3.68. The maximum atomic E-state index is 13.9. The minimum Gasteiger partial charge on any atom is -0.469 e. The lowest BCUT2D eigenvalue weighted by atomic mass is 9.93. The van der Waals surface area contributed by atoms with Gasteiger partial charge in [0.2, 0.25) is 0 Å². The van der Waals surface area contributed by atoms with Crippen molar-refractivity contribution in [3.63, 3.8) is 0 Å². The Morgan fingerprint density at radius 2 is 1.90 bits per heavy atom. The number of halogens is 1. The van der Waals surface area contributed by atoms with Gasteiger partial charge in [-0.3, -0.25) is 9.59 Å². The van der Waals surface area contributed by atoms with Gasteiger partial charge < -0.3 is 14.2 Å². The number of rotatable bonds is 4. The average molecular weight is 409 g/mol. The van der Waals surface area contributed by atoms with Crippen LogP contribution in [0.25, 0.3) is 0 Å². The Balaban J connectivity index is 1.59. The molecule has 0 aliphatic heterocycles. The smallest absolute Gasteiger partial charge is 0.291 e. The maximum absolute atomic E-state index is 13.9. The Bertz CT molecular complexity index is 1160. The fourth-order valence-electron chi connectivity index (χ4n) is 3.54. The van der Waals surface area contributed by atoms with Gasteiger partial charge in [-0.15, -0.1) is 0 Å². The van der Waals surface area contributed by atoms with Crippen molar-refractivity contribution < 1.29 is 22.8 Å². The molecule has 1 aromatic carbocycles. The van der Waals surface area contributed by atoms with Gasteiger partial charge in [0.05, 0.1) is 23.2 Å². The number of anilines is 1. The van der Waals surface area contributed by atoms with E-state index in [4.69, 9.17) is 8.83 Å². The molecule has 2 amide bonds. The number of nitrogens with zero attached hydrogens (tertiary/aromatic N) is 1. The molecule has 1 aliphatic carbocycles. The van der Waals surface area contributed by atoms with E-state index >= 15 is 0 Å². The first-order chi connectivity index (χ1) is 14.5. The lowest BCUT2D eigenvalue weighted by Crippen LogP contribution is -2.22. The summed E-state index contributed by atoms with van der Waals surface area (Å²) in [6, 6.07) is 7.50. The van der Waals surface area contributed by atoms with Crippen molar-refractivity contribution in [3.05, 3.63) is 76.4 Å². The Morgan fingerprint density at radius 1 is 1.10 bits per heavy atom. The second kappa shape index (κ2) is 7.98. The van der Waals surface area contributed by atoms with Crippen LogP contribution in [0.2, 0.25) is 0 Å². The topological polar surface area (TPSA) is 96.8 Å². The predicted molar refractivity (Wildman–Crippen MR) is 108 cm³/mol. The highest BCUT2D eigenvalue weighted by molar-refractivity contribution is 6.09. The summed E-state index contributed by atoms with van der Waals surface area (Å²) in [5, 5.41) is 6.82. The van der Waals surface area contributed by atoms with Gasteiger partial charge in [-0.05, 0) is 44.9 Å². The van der Waals surface area contributed by atoms with E-state index in [0.29, 0.717) is 46.8 Å². The van der Waals surface area contributed by atoms with Gasteiger partial charge >= 0.3 is 0 Å². The molecule has 2 heterocycles. The molecule has 0 atom stereocenters. The molecule has 0 fully saturated rings. The van der Waals surface area contributed by atoms with Crippen molar-refractivity contribution in [2.24, 2.45) is 5.10 Å². The highest BCUT2D eigenvalue weighted by Crippen LogP contribution is 2.30. The van der Waals surface area contributed by atoms with E-state index in [2.05, 4.69) is 15.8 Å². The Labute approximate surface area is 172 Å². The largest absolute Gasteiger partial charge is 0.469 e. The van der Waals surface area contributed by atoms with Crippen LogP contribution in [0.5, 0.6) is 0 Å². The molecule has 1 aliphatic rings. The number of hydrogen-bond acceptors (Lipinski definition) is 5. The number of furan rings is 2. The van der Waals surface area contributed by atoms with Gasteiger partial charge in [-0.1, -0.05) is 12.1 Å². The van der Waals surface area contributed by atoms with E-state index in [1.165, 1.54) is 18.4 Å². The van der Waals surface area contributed by atoms with Crippen molar-refractivity contribution in [1.29, 1.82) is 0 Å². The molecule has 4 rings (SSSR count). The van der Waals surface area contributed by atoms with Gasteiger partial charge in [-0.2, -0.15) is 5.10 Å². The molecule has 30 heavy (non-hydrogen) atoms. The number of carbonyl (C=O) groups is 2. The molecular formula is C22H20FN3O4. The molecule has 0 saturated carbocycles. The minimum atomic E-state index is -0.538. The molecule has 2 aromatic heterocycles. The van der Waals surface area contributed by atoms with Crippen LogP contribution in [0.15, 0.2) is 50.5 Å². The van der Waals surface area contributed by atoms with Crippen molar-refractivity contribution in [1.82, 2.24) is 5.43 Å². The zero-order chi connectivity index (χ0) is 21.3. The summed E-state index contributed by atoms with van der Waals surface area (Å²) in [5.41, 5.74) is 4.98. The van der Waals surface area contributed by atoms with Crippen LogP contribution in [0.1, 0.15) is 56.4 Å². The first kappa shape index (κ1) is 19.6. The molecule has 8 heteroatoms. The summed E-state index contributed by atoms with van der Waals surface area (Å²) in [7, 11) is 0. The number of nitrogens with one attached hydrogen (secondary N) is 2. The van der Waals surface area contributed by atoms with E-state index in [-0.39, 0.29) is 17.4 Å². The number of benzene rings is 1. The summed E-state index contributed by atoms with van der Waals surface area (Å²) in [5.74, 6) is -0.202. The lowest BCUT2D eigenvalue weighted by Gasteiger charge is -2.13. The van der Waals surface area contributed by atoms with Crippen molar-refractivity contribution in [2.75, 3.05) is 5.32 Å². The van der Waals surface area contributed by atoms with Crippen molar-refractivity contribution in [2.45, 2.75) is 33.1 Å². The monoisotopic (exact) mass is 409 g/mol. The molecule has 7 nitrogen and oxygen atoms in total. The van der Waals surface area contributed by atoms with Gasteiger partial charge in [-0.25, -0.2) is 9.82 Å². The fraction of sp³-hybridized carbons (Fsp3) is 0.227. The van der Waals surface area contributed by atoms with Crippen LogP contribution in [0.4, 0.5) is 10.1 Å². The second-order valence-corrected chi connectivity index (χ2v) is 7.03. The Kier molecular flexibility index (Phi) is 5.22. The van der Waals surface area contributed by atoms with E-state index in [0.717, 1.165) is 6.42 Å². The lowest BCUT2D eigenvalue weighted by molar-refractivity contribution is 0.0952. The SMILES string of the molecule is Cc1occc1C(=O)N/N=C1\CCCc2oc(C(=O)Nc3ccccc3F)c(C)c21. The summed E-state index contributed by atoms with van der Waals surface area (Å²) < 4.78 is 24.8. The molecule has 0 radical (unpaired) electrons. The van der Waals surface area contributed by atoms with Crippen LogP contribution < -0.4 is 10.7 Å². The van der Waals surface area contributed by atoms with E-state index in [1.54, 1.807) is 32.0 Å². The minimum absolute atomic E-state index is 0.0768. The van der Waals surface area contributed by atoms with Crippen LogP contribution in [0.3, 0.4) is 0 Å². The predicted octanol–water partition coefficient (Wildman–Crippen LogP) is 4.35. The maximum Gasteiger partial charge on any atom is 0.291 e. The average Bonchev–Trinajstić information content (AvgIpc) is 3.31. The fourth-order valence-corrected chi connectivity index (χ4v) is 3.54. The summed E-state index contributed by atoms with van der Waals surface area (Å²) >= 11 is 0.